The Bertz CT molecular complexity index is 623. The van der Waals surface area contributed by atoms with Crippen LogP contribution in [-0.4, -0.2) is 47.3 Å². The molecule has 0 radical (unpaired) electrons. The van der Waals surface area contributed by atoms with E-state index in [4.69, 9.17) is 11.6 Å². The fraction of sp³-hybridized carbons (Fsp3) is 0.529. The highest BCUT2D eigenvalue weighted by atomic mass is 35.5. The molecule has 0 spiro atoms. The number of likely N-dealkylation sites (tertiary alicyclic amines) is 2. The number of amides is 2. The first-order valence-corrected chi connectivity index (χ1v) is 8.43. The Morgan fingerprint density at radius 2 is 2.13 bits per heavy atom. The average molecular weight is 339 g/mol. The van der Waals surface area contributed by atoms with Crippen LogP contribution in [-0.2, 0) is 16.0 Å². The molecule has 2 aliphatic heterocycles. The maximum Gasteiger partial charge on any atom is 0.227 e. The summed E-state index contributed by atoms with van der Waals surface area (Å²) >= 11 is 6.00. The van der Waals surface area contributed by atoms with Crippen molar-refractivity contribution in [3.63, 3.8) is 0 Å². The number of piperidine rings is 1. The van der Waals surface area contributed by atoms with Crippen LogP contribution in [0.15, 0.2) is 18.2 Å². The van der Waals surface area contributed by atoms with Gasteiger partial charge < -0.3 is 9.80 Å². The van der Waals surface area contributed by atoms with Crippen molar-refractivity contribution < 1.29 is 14.0 Å². The summed E-state index contributed by atoms with van der Waals surface area (Å²) in [5, 5.41) is 0.279. The maximum absolute atomic E-state index is 13.1. The second kappa shape index (κ2) is 6.87. The largest absolute Gasteiger partial charge is 0.340 e. The van der Waals surface area contributed by atoms with E-state index in [1.165, 1.54) is 12.1 Å². The fourth-order valence-electron chi connectivity index (χ4n) is 3.43. The molecule has 6 heteroatoms. The van der Waals surface area contributed by atoms with Gasteiger partial charge in [-0.1, -0.05) is 17.7 Å². The minimum absolute atomic E-state index is 0.0187. The van der Waals surface area contributed by atoms with E-state index in [0.717, 1.165) is 25.8 Å². The Morgan fingerprint density at radius 1 is 1.30 bits per heavy atom. The van der Waals surface area contributed by atoms with E-state index < -0.39 is 5.82 Å². The van der Waals surface area contributed by atoms with Gasteiger partial charge in [-0.25, -0.2) is 4.39 Å². The maximum atomic E-state index is 13.1. The van der Waals surface area contributed by atoms with Crippen molar-refractivity contribution in [2.75, 3.05) is 19.6 Å². The average Bonchev–Trinajstić information content (AvgIpc) is 2.96. The predicted molar refractivity (Wildman–Crippen MR) is 85.7 cm³/mol. The summed E-state index contributed by atoms with van der Waals surface area (Å²) in [5.74, 6) is -0.225. The number of hydrogen-bond acceptors (Lipinski definition) is 2. The molecule has 3 rings (SSSR count). The van der Waals surface area contributed by atoms with Crippen LogP contribution < -0.4 is 0 Å². The molecule has 23 heavy (non-hydrogen) atoms. The number of carbonyl (C=O) groups excluding carboxylic acids is 2. The molecule has 2 saturated heterocycles. The minimum Gasteiger partial charge on any atom is -0.340 e. The van der Waals surface area contributed by atoms with Crippen molar-refractivity contribution >= 4 is 23.4 Å². The van der Waals surface area contributed by atoms with Crippen molar-refractivity contribution in [1.29, 1.82) is 0 Å². The molecule has 124 valence electrons. The van der Waals surface area contributed by atoms with Crippen LogP contribution >= 0.6 is 11.6 Å². The Kier molecular flexibility index (Phi) is 4.85. The zero-order valence-electron chi connectivity index (χ0n) is 12.9. The highest BCUT2D eigenvalue weighted by molar-refractivity contribution is 6.31. The van der Waals surface area contributed by atoms with Gasteiger partial charge in [0.05, 0.1) is 6.42 Å². The van der Waals surface area contributed by atoms with E-state index in [0.29, 0.717) is 25.1 Å². The summed E-state index contributed by atoms with van der Waals surface area (Å²) in [6, 6.07) is 4.23. The van der Waals surface area contributed by atoms with Crippen LogP contribution in [0, 0.1) is 5.82 Å². The van der Waals surface area contributed by atoms with Gasteiger partial charge in [0.1, 0.15) is 5.82 Å². The monoisotopic (exact) mass is 338 g/mol. The van der Waals surface area contributed by atoms with Gasteiger partial charge in [-0.2, -0.15) is 0 Å². The fourth-order valence-corrected chi connectivity index (χ4v) is 3.66. The van der Waals surface area contributed by atoms with Crippen LogP contribution in [0.25, 0.3) is 0 Å². The first-order chi connectivity index (χ1) is 11.0. The van der Waals surface area contributed by atoms with Crippen molar-refractivity contribution in [2.24, 2.45) is 0 Å². The van der Waals surface area contributed by atoms with Crippen LogP contribution in [0.4, 0.5) is 4.39 Å². The number of halogens is 2. The Hall–Kier alpha value is -1.62. The third-order valence-electron chi connectivity index (χ3n) is 4.66. The minimum atomic E-state index is -0.406. The Balaban J connectivity index is 1.63. The second-order valence-electron chi connectivity index (χ2n) is 6.24. The third kappa shape index (κ3) is 3.66. The quantitative estimate of drug-likeness (QED) is 0.850. The van der Waals surface area contributed by atoms with Gasteiger partial charge in [0.15, 0.2) is 0 Å². The van der Waals surface area contributed by atoms with Crippen molar-refractivity contribution in [2.45, 2.75) is 38.1 Å². The first-order valence-electron chi connectivity index (χ1n) is 8.06. The second-order valence-corrected chi connectivity index (χ2v) is 6.65. The highest BCUT2D eigenvalue weighted by Crippen LogP contribution is 2.23. The highest BCUT2D eigenvalue weighted by Gasteiger charge is 2.32. The van der Waals surface area contributed by atoms with Gasteiger partial charge in [-0.05, 0) is 37.0 Å². The lowest BCUT2D eigenvalue weighted by Crippen LogP contribution is -2.50. The lowest BCUT2D eigenvalue weighted by molar-refractivity contribution is -0.137. The topological polar surface area (TPSA) is 40.6 Å². The van der Waals surface area contributed by atoms with Crippen LogP contribution in [0.5, 0.6) is 0 Å². The molecule has 2 aliphatic rings. The van der Waals surface area contributed by atoms with Gasteiger partial charge in [0.25, 0.3) is 0 Å². The molecular weight excluding hydrogens is 319 g/mol. The molecule has 0 bridgehead atoms. The molecule has 0 aromatic heterocycles. The lowest BCUT2D eigenvalue weighted by atomic mass is 10.0. The molecule has 1 aromatic carbocycles. The number of carbonyl (C=O) groups is 2. The molecular formula is C17H20ClFN2O2. The predicted octanol–water partition coefficient (Wildman–Crippen LogP) is 2.64. The van der Waals surface area contributed by atoms with Gasteiger partial charge in [0, 0.05) is 37.1 Å². The Morgan fingerprint density at radius 3 is 2.83 bits per heavy atom. The SMILES string of the molecule is O=C(Cc1ccc(F)cc1Cl)N1CCC[C@@H](N2CCCC2=O)C1. The number of benzene rings is 1. The molecule has 0 N–H and O–H groups in total. The van der Waals surface area contributed by atoms with Gasteiger partial charge in [0.2, 0.25) is 11.8 Å². The normalized spacial score (nSPS) is 21.8. The molecule has 2 heterocycles. The molecule has 1 aromatic rings. The van der Waals surface area contributed by atoms with E-state index in [-0.39, 0.29) is 29.3 Å². The van der Waals surface area contributed by atoms with Gasteiger partial charge in [-0.15, -0.1) is 0 Å². The summed E-state index contributed by atoms with van der Waals surface area (Å²) in [6.45, 7) is 2.09. The van der Waals surface area contributed by atoms with Crippen LogP contribution in [0.1, 0.15) is 31.2 Å². The summed E-state index contributed by atoms with van der Waals surface area (Å²) in [5.41, 5.74) is 0.637. The van der Waals surface area contributed by atoms with E-state index in [1.54, 1.807) is 11.0 Å². The summed E-state index contributed by atoms with van der Waals surface area (Å²) in [6.07, 6.45) is 3.55. The first kappa shape index (κ1) is 16.2. The third-order valence-corrected chi connectivity index (χ3v) is 5.01. The summed E-state index contributed by atoms with van der Waals surface area (Å²) in [7, 11) is 0. The lowest BCUT2D eigenvalue weighted by Gasteiger charge is -2.37. The van der Waals surface area contributed by atoms with Crippen molar-refractivity contribution in [1.82, 2.24) is 9.80 Å². The van der Waals surface area contributed by atoms with Gasteiger partial charge >= 0.3 is 0 Å². The number of hydrogen-bond donors (Lipinski definition) is 0. The summed E-state index contributed by atoms with van der Waals surface area (Å²) < 4.78 is 13.1. The van der Waals surface area contributed by atoms with E-state index in [9.17, 15) is 14.0 Å². The molecule has 1 atom stereocenters. The zero-order chi connectivity index (χ0) is 16.4. The number of nitrogens with zero attached hydrogens (tertiary/aromatic N) is 2. The molecule has 0 aliphatic carbocycles. The zero-order valence-corrected chi connectivity index (χ0v) is 13.7. The number of rotatable bonds is 3. The van der Waals surface area contributed by atoms with E-state index in [2.05, 4.69) is 0 Å². The van der Waals surface area contributed by atoms with Crippen molar-refractivity contribution in [3.8, 4) is 0 Å². The molecule has 2 amide bonds. The van der Waals surface area contributed by atoms with Crippen LogP contribution in [0.3, 0.4) is 0 Å². The van der Waals surface area contributed by atoms with Gasteiger partial charge in [-0.3, -0.25) is 9.59 Å². The van der Waals surface area contributed by atoms with Crippen molar-refractivity contribution in [3.05, 3.63) is 34.6 Å². The smallest absolute Gasteiger partial charge is 0.227 e. The molecule has 0 unspecified atom stereocenters. The Labute approximate surface area is 140 Å². The molecule has 2 fully saturated rings. The summed E-state index contributed by atoms with van der Waals surface area (Å²) in [4.78, 5) is 28.1. The molecule has 0 saturated carbocycles. The van der Waals surface area contributed by atoms with Crippen LogP contribution in [0.2, 0.25) is 5.02 Å². The standard InChI is InChI=1S/C17H20ClFN2O2/c18-15-10-13(19)6-5-12(15)9-17(23)20-7-1-3-14(11-20)21-8-2-4-16(21)22/h5-6,10,14H,1-4,7-9,11H2/t14-/m1/s1. The van der Waals surface area contributed by atoms with E-state index >= 15 is 0 Å². The molecule has 4 nitrogen and oxygen atoms in total. The van der Waals surface area contributed by atoms with E-state index in [1.807, 2.05) is 4.90 Å².